The average Bonchev–Trinajstić information content (AvgIpc) is 2.47. The zero-order chi connectivity index (χ0) is 14.4. The van der Waals surface area contributed by atoms with E-state index in [0.29, 0.717) is 6.04 Å². The third kappa shape index (κ3) is 4.60. The molecule has 1 aromatic rings. The molecule has 1 saturated heterocycles. The summed E-state index contributed by atoms with van der Waals surface area (Å²) in [6.45, 7) is 8.19. The van der Waals surface area contributed by atoms with Crippen LogP contribution in [0, 0.1) is 5.92 Å². The summed E-state index contributed by atoms with van der Waals surface area (Å²) in [6.07, 6.45) is 5.10. The minimum absolute atomic E-state index is 0.463. The molecule has 2 rings (SSSR count). The standard InChI is InChI=1S/C18H30N2/c1-4-5-16-6-8-18(9-7-16)15(2)19-14-17-10-12-20(3)13-11-17/h6-9,15,17,19H,4-5,10-14H2,1-3H3. The van der Waals surface area contributed by atoms with Crippen LogP contribution in [-0.4, -0.2) is 31.6 Å². The molecular formula is C18H30N2. The molecule has 2 nitrogen and oxygen atoms in total. The van der Waals surface area contributed by atoms with Crippen LogP contribution in [0.25, 0.3) is 0 Å². The zero-order valence-corrected chi connectivity index (χ0v) is 13.4. The molecule has 0 aromatic heterocycles. The molecule has 1 aliphatic heterocycles. The fraction of sp³-hybridized carbons (Fsp3) is 0.667. The number of aryl methyl sites for hydroxylation is 1. The molecule has 0 spiro atoms. The molecule has 1 aliphatic rings. The fourth-order valence-electron chi connectivity index (χ4n) is 2.99. The summed E-state index contributed by atoms with van der Waals surface area (Å²) in [5, 5.41) is 3.72. The molecule has 0 aliphatic carbocycles. The van der Waals surface area contributed by atoms with Gasteiger partial charge in [0.1, 0.15) is 0 Å². The van der Waals surface area contributed by atoms with Crippen molar-refractivity contribution < 1.29 is 0 Å². The Labute approximate surface area is 124 Å². The number of hydrogen-bond donors (Lipinski definition) is 1. The number of nitrogens with one attached hydrogen (secondary N) is 1. The van der Waals surface area contributed by atoms with Crippen LogP contribution < -0.4 is 5.32 Å². The van der Waals surface area contributed by atoms with Crippen LogP contribution in [0.4, 0.5) is 0 Å². The summed E-state index contributed by atoms with van der Waals surface area (Å²) in [6, 6.07) is 9.61. The summed E-state index contributed by atoms with van der Waals surface area (Å²) in [7, 11) is 2.23. The highest BCUT2D eigenvalue weighted by molar-refractivity contribution is 5.24. The van der Waals surface area contributed by atoms with Gasteiger partial charge in [-0.25, -0.2) is 0 Å². The van der Waals surface area contributed by atoms with Gasteiger partial charge in [-0.15, -0.1) is 0 Å². The predicted molar refractivity (Wildman–Crippen MR) is 87.1 cm³/mol. The van der Waals surface area contributed by atoms with Crippen molar-refractivity contribution in [3.05, 3.63) is 35.4 Å². The van der Waals surface area contributed by atoms with E-state index in [1.807, 2.05) is 0 Å². The average molecular weight is 274 g/mol. The zero-order valence-electron chi connectivity index (χ0n) is 13.4. The summed E-state index contributed by atoms with van der Waals surface area (Å²) >= 11 is 0. The Morgan fingerprint density at radius 3 is 2.45 bits per heavy atom. The quantitative estimate of drug-likeness (QED) is 0.852. The molecule has 1 unspecified atom stereocenters. The molecule has 1 fully saturated rings. The first-order valence-corrected chi connectivity index (χ1v) is 8.19. The van der Waals surface area contributed by atoms with Crippen molar-refractivity contribution >= 4 is 0 Å². The number of likely N-dealkylation sites (tertiary alicyclic amines) is 1. The van der Waals surface area contributed by atoms with Gasteiger partial charge in [0, 0.05) is 6.04 Å². The number of nitrogens with zero attached hydrogens (tertiary/aromatic N) is 1. The maximum Gasteiger partial charge on any atom is 0.0291 e. The van der Waals surface area contributed by atoms with Crippen LogP contribution in [-0.2, 0) is 6.42 Å². The Balaban J connectivity index is 1.77. The molecule has 1 heterocycles. The third-order valence-electron chi connectivity index (χ3n) is 4.57. The Morgan fingerprint density at radius 1 is 1.20 bits per heavy atom. The lowest BCUT2D eigenvalue weighted by atomic mass is 9.96. The van der Waals surface area contributed by atoms with Gasteiger partial charge in [-0.05, 0) is 69.9 Å². The SMILES string of the molecule is CCCc1ccc(C(C)NCC2CCN(C)CC2)cc1. The van der Waals surface area contributed by atoms with Gasteiger partial charge in [0.2, 0.25) is 0 Å². The van der Waals surface area contributed by atoms with Crippen LogP contribution in [0.2, 0.25) is 0 Å². The Hall–Kier alpha value is -0.860. The van der Waals surface area contributed by atoms with E-state index in [1.54, 1.807) is 0 Å². The van der Waals surface area contributed by atoms with E-state index in [0.717, 1.165) is 12.5 Å². The smallest absolute Gasteiger partial charge is 0.0291 e. The van der Waals surface area contributed by atoms with Gasteiger partial charge in [0.25, 0.3) is 0 Å². The third-order valence-corrected chi connectivity index (χ3v) is 4.57. The van der Waals surface area contributed by atoms with Crippen molar-refractivity contribution in [1.82, 2.24) is 10.2 Å². The van der Waals surface area contributed by atoms with E-state index in [1.165, 1.54) is 49.9 Å². The maximum atomic E-state index is 3.72. The largest absolute Gasteiger partial charge is 0.310 e. The number of piperidine rings is 1. The summed E-state index contributed by atoms with van der Waals surface area (Å²) in [5.41, 5.74) is 2.87. The predicted octanol–water partition coefficient (Wildman–Crippen LogP) is 3.63. The van der Waals surface area contributed by atoms with Gasteiger partial charge >= 0.3 is 0 Å². The van der Waals surface area contributed by atoms with E-state index in [9.17, 15) is 0 Å². The van der Waals surface area contributed by atoms with E-state index < -0.39 is 0 Å². The van der Waals surface area contributed by atoms with Gasteiger partial charge < -0.3 is 10.2 Å². The Bertz CT molecular complexity index is 377. The minimum atomic E-state index is 0.463. The van der Waals surface area contributed by atoms with E-state index in [4.69, 9.17) is 0 Å². The van der Waals surface area contributed by atoms with Crippen molar-refractivity contribution in [2.75, 3.05) is 26.7 Å². The molecule has 0 radical (unpaired) electrons. The number of benzene rings is 1. The molecule has 20 heavy (non-hydrogen) atoms. The van der Waals surface area contributed by atoms with Gasteiger partial charge in [-0.1, -0.05) is 37.6 Å². The molecular weight excluding hydrogens is 244 g/mol. The molecule has 0 bridgehead atoms. The molecule has 112 valence electrons. The first-order valence-electron chi connectivity index (χ1n) is 8.19. The molecule has 1 atom stereocenters. The molecule has 1 aromatic carbocycles. The van der Waals surface area contributed by atoms with Gasteiger partial charge in [0.15, 0.2) is 0 Å². The highest BCUT2D eigenvalue weighted by atomic mass is 15.1. The second-order valence-electron chi connectivity index (χ2n) is 6.37. The topological polar surface area (TPSA) is 15.3 Å². The molecule has 2 heteroatoms. The lowest BCUT2D eigenvalue weighted by molar-refractivity contribution is 0.213. The molecule has 0 saturated carbocycles. The summed E-state index contributed by atoms with van der Waals surface area (Å²) < 4.78 is 0. The van der Waals surface area contributed by atoms with Gasteiger partial charge in [0.05, 0.1) is 0 Å². The summed E-state index contributed by atoms with van der Waals surface area (Å²) in [5.74, 6) is 0.855. The first kappa shape index (κ1) is 15.5. The van der Waals surface area contributed by atoms with Crippen molar-refractivity contribution in [3.63, 3.8) is 0 Å². The highest BCUT2D eigenvalue weighted by Crippen LogP contribution is 2.18. The lowest BCUT2D eigenvalue weighted by Gasteiger charge is -2.30. The number of rotatable bonds is 6. The lowest BCUT2D eigenvalue weighted by Crippen LogP contribution is -2.35. The maximum absolute atomic E-state index is 3.72. The second kappa shape index (κ2) is 7.80. The van der Waals surface area contributed by atoms with Crippen LogP contribution in [0.5, 0.6) is 0 Å². The fourth-order valence-corrected chi connectivity index (χ4v) is 2.99. The van der Waals surface area contributed by atoms with E-state index in [2.05, 4.69) is 55.4 Å². The van der Waals surface area contributed by atoms with Crippen LogP contribution in [0.1, 0.15) is 50.3 Å². The highest BCUT2D eigenvalue weighted by Gasteiger charge is 2.17. The Kier molecular flexibility index (Phi) is 6.06. The Morgan fingerprint density at radius 2 is 1.85 bits per heavy atom. The van der Waals surface area contributed by atoms with E-state index >= 15 is 0 Å². The second-order valence-corrected chi connectivity index (χ2v) is 6.37. The molecule has 0 amide bonds. The van der Waals surface area contributed by atoms with Crippen molar-refractivity contribution in [2.24, 2.45) is 5.92 Å². The molecule has 1 N–H and O–H groups in total. The van der Waals surface area contributed by atoms with Crippen molar-refractivity contribution in [3.8, 4) is 0 Å². The van der Waals surface area contributed by atoms with Crippen molar-refractivity contribution in [2.45, 2.75) is 45.6 Å². The van der Waals surface area contributed by atoms with E-state index in [-0.39, 0.29) is 0 Å². The van der Waals surface area contributed by atoms with Gasteiger partial charge in [-0.2, -0.15) is 0 Å². The minimum Gasteiger partial charge on any atom is -0.310 e. The monoisotopic (exact) mass is 274 g/mol. The number of hydrogen-bond acceptors (Lipinski definition) is 2. The van der Waals surface area contributed by atoms with Gasteiger partial charge in [-0.3, -0.25) is 0 Å². The first-order chi connectivity index (χ1) is 9.69. The normalized spacial score (nSPS) is 19.1. The van der Waals surface area contributed by atoms with Crippen LogP contribution >= 0.6 is 0 Å². The summed E-state index contributed by atoms with van der Waals surface area (Å²) in [4.78, 5) is 2.44. The van der Waals surface area contributed by atoms with Crippen LogP contribution in [0.3, 0.4) is 0 Å². The van der Waals surface area contributed by atoms with Crippen molar-refractivity contribution in [1.29, 1.82) is 0 Å². The van der Waals surface area contributed by atoms with Crippen LogP contribution in [0.15, 0.2) is 24.3 Å².